The fourth-order valence-electron chi connectivity index (χ4n) is 3.74. The number of carbonyl (C=O) groups is 2. The Morgan fingerprint density at radius 2 is 1.62 bits per heavy atom. The van der Waals surface area contributed by atoms with Crippen molar-refractivity contribution in [3.8, 4) is 5.75 Å². The third-order valence-electron chi connectivity index (χ3n) is 5.20. The summed E-state index contributed by atoms with van der Waals surface area (Å²) in [7, 11) is 0. The van der Waals surface area contributed by atoms with Crippen molar-refractivity contribution >= 4 is 17.6 Å². The van der Waals surface area contributed by atoms with E-state index in [1.54, 1.807) is 9.80 Å². The first-order valence-corrected chi connectivity index (χ1v) is 9.91. The number of ether oxygens (including phenoxy) is 2. The van der Waals surface area contributed by atoms with Crippen LogP contribution in [0.15, 0.2) is 60.7 Å². The molecule has 2 aliphatic heterocycles. The van der Waals surface area contributed by atoms with Crippen molar-refractivity contribution in [1.29, 1.82) is 0 Å². The summed E-state index contributed by atoms with van der Waals surface area (Å²) in [5.74, 6) is 0.691. The molecule has 1 N–H and O–H groups in total. The van der Waals surface area contributed by atoms with E-state index in [0.717, 1.165) is 5.75 Å². The highest BCUT2D eigenvalue weighted by atomic mass is 16.5. The van der Waals surface area contributed by atoms with Gasteiger partial charge in [-0.2, -0.15) is 0 Å². The molecule has 2 aromatic carbocycles. The average molecular weight is 395 g/mol. The minimum atomic E-state index is -0.550. The first-order valence-electron chi connectivity index (χ1n) is 9.91. The minimum absolute atomic E-state index is 0.0457. The molecule has 152 valence electrons. The predicted molar refractivity (Wildman–Crippen MR) is 109 cm³/mol. The lowest BCUT2D eigenvalue weighted by Gasteiger charge is -2.32. The molecule has 4 rings (SSSR count). The highest BCUT2D eigenvalue weighted by Crippen LogP contribution is 2.26. The van der Waals surface area contributed by atoms with Gasteiger partial charge in [-0.05, 0) is 24.3 Å². The van der Waals surface area contributed by atoms with Crippen LogP contribution in [0.1, 0.15) is 6.42 Å². The molecule has 7 heteroatoms. The molecule has 2 aromatic rings. The Bertz CT molecular complexity index is 824. The number of hydrogen-bond acceptors (Lipinski definition) is 4. The number of amides is 3. The van der Waals surface area contributed by atoms with Crippen molar-refractivity contribution in [3.63, 3.8) is 0 Å². The Morgan fingerprint density at radius 1 is 0.966 bits per heavy atom. The van der Waals surface area contributed by atoms with Gasteiger partial charge in [0.15, 0.2) is 0 Å². The molecule has 2 aliphatic rings. The Balaban J connectivity index is 1.49. The Labute approximate surface area is 170 Å². The van der Waals surface area contributed by atoms with Crippen LogP contribution in [-0.2, 0) is 9.53 Å². The quantitative estimate of drug-likeness (QED) is 0.864. The van der Waals surface area contributed by atoms with E-state index in [-0.39, 0.29) is 18.0 Å². The van der Waals surface area contributed by atoms with Gasteiger partial charge in [-0.1, -0.05) is 36.4 Å². The largest absolute Gasteiger partial charge is 0.488 e. The molecular formula is C22H25N3O4. The monoisotopic (exact) mass is 395 g/mol. The zero-order chi connectivity index (χ0) is 20.1. The van der Waals surface area contributed by atoms with Gasteiger partial charge in [0.05, 0.1) is 19.8 Å². The number of para-hydroxylation sites is 2. The normalized spacial score (nSPS) is 21.7. The number of rotatable bonds is 4. The van der Waals surface area contributed by atoms with E-state index in [1.807, 2.05) is 60.7 Å². The average Bonchev–Trinajstić information content (AvgIpc) is 3.19. The summed E-state index contributed by atoms with van der Waals surface area (Å²) < 4.78 is 11.4. The van der Waals surface area contributed by atoms with Gasteiger partial charge in [-0.25, -0.2) is 4.79 Å². The highest BCUT2D eigenvalue weighted by Gasteiger charge is 2.42. The van der Waals surface area contributed by atoms with Crippen LogP contribution in [0, 0.1) is 0 Å². The summed E-state index contributed by atoms with van der Waals surface area (Å²) in [4.78, 5) is 29.5. The zero-order valence-corrected chi connectivity index (χ0v) is 16.2. The van der Waals surface area contributed by atoms with Gasteiger partial charge >= 0.3 is 6.03 Å². The van der Waals surface area contributed by atoms with Crippen LogP contribution in [0.5, 0.6) is 5.75 Å². The molecule has 7 nitrogen and oxygen atoms in total. The summed E-state index contributed by atoms with van der Waals surface area (Å²) in [6.07, 6.45) is 0.224. The van der Waals surface area contributed by atoms with Crippen molar-refractivity contribution in [2.45, 2.75) is 18.6 Å². The fourth-order valence-corrected chi connectivity index (χ4v) is 3.74. The molecule has 0 aromatic heterocycles. The van der Waals surface area contributed by atoms with Gasteiger partial charge in [0, 0.05) is 25.2 Å². The Kier molecular flexibility index (Phi) is 5.95. The van der Waals surface area contributed by atoms with E-state index in [2.05, 4.69) is 5.32 Å². The number of anilines is 1. The smallest absolute Gasteiger partial charge is 0.322 e. The van der Waals surface area contributed by atoms with Crippen LogP contribution in [0.3, 0.4) is 0 Å². The third kappa shape index (κ3) is 4.68. The van der Waals surface area contributed by atoms with Crippen molar-refractivity contribution in [3.05, 3.63) is 60.7 Å². The maximum Gasteiger partial charge on any atom is 0.322 e. The van der Waals surface area contributed by atoms with Crippen LogP contribution in [0.25, 0.3) is 0 Å². The van der Waals surface area contributed by atoms with Gasteiger partial charge in [0.2, 0.25) is 5.91 Å². The number of nitrogens with zero attached hydrogens (tertiary/aromatic N) is 2. The summed E-state index contributed by atoms with van der Waals surface area (Å²) in [5, 5.41) is 2.89. The first kappa shape index (κ1) is 19.3. The second-order valence-electron chi connectivity index (χ2n) is 7.19. The van der Waals surface area contributed by atoms with E-state index in [0.29, 0.717) is 45.0 Å². The topological polar surface area (TPSA) is 71.1 Å². The minimum Gasteiger partial charge on any atom is -0.488 e. The van der Waals surface area contributed by atoms with Crippen molar-refractivity contribution in [2.24, 2.45) is 0 Å². The lowest BCUT2D eigenvalue weighted by atomic mass is 10.1. The number of likely N-dealkylation sites (tertiary alicyclic amines) is 1. The van der Waals surface area contributed by atoms with Gasteiger partial charge in [0.25, 0.3) is 0 Å². The van der Waals surface area contributed by atoms with Crippen LogP contribution in [0.4, 0.5) is 10.5 Å². The summed E-state index contributed by atoms with van der Waals surface area (Å²) >= 11 is 0. The van der Waals surface area contributed by atoms with E-state index in [1.165, 1.54) is 0 Å². The zero-order valence-electron chi connectivity index (χ0n) is 16.2. The number of urea groups is 1. The molecule has 0 saturated carbocycles. The Hall–Kier alpha value is -3.06. The summed E-state index contributed by atoms with van der Waals surface area (Å²) in [6, 6.07) is 17.9. The molecule has 2 fully saturated rings. The van der Waals surface area contributed by atoms with E-state index >= 15 is 0 Å². The number of morpholine rings is 1. The summed E-state index contributed by atoms with van der Waals surface area (Å²) in [5.41, 5.74) is 0.697. The standard InChI is InChI=1S/C22H25N3O4/c26-21(24-11-13-28-14-12-24)20-15-19(29-18-9-5-2-6-10-18)16-25(20)22(27)23-17-7-3-1-4-8-17/h1-10,19-20H,11-16H2,(H,23,27)/t19-,20-/m0/s1. The predicted octanol–water partition coefficient (Wildman–Crippen LogP) is 2.60. The molecule has 29 heavy (non-hydrogen) atoms. The van der Waals surface area contributed by atoms with Crippen LogP contribution < -0.4 is 10.1 Å². The molecule has 2 heterocycles. The lowest BCUT2D eigenvalue weighted by Crippen LogP contribution is -2.51. The fraction of sp³-hybridized carbons (Fsp3) is 0.364. The molecule has 2 atom stereocenters. The second kappa shape index (κ2) is 8.96. The van der Waals surface area contributed by atoms with Gasteiger partial charge in [-0.15, -0.1) is 0 Å². The highest BCUT2D eigenvalue weighted by molar-refractivity contribution is 5.94. The molecular weight excluding hydrogens is 370 g/mol. The van der Waals surface area contributed by atoms with E-state index in [4.69, 9.17) is 9.47 Å². The molecule has 0 bridgehead atoms. The van der Waals surface area contributed by atoms with Gasteiger partial charge < -0.3 is 24.6 Å². The first-order chi connectivity index (χ1) is 14.2. The van der Waals surface area contributed by atoms with Crippen molar-refractivity contribution in [1.82, 2.24) is 9.80 Å². The molecule has 0 unspecified atom stereocenters. The molecule has 0 spiro atoms. The van der Waals surface area contributed by atoms with Gasteiger partial charge in [0.1, 0.15) is 17.9 Å². The molecule has 3 amide bonds. The maximum atomic E-state index is 13.2. The van der Waals surface area contributed by atoms with Gasteiger partial charge in [-0.3, -0.25) is 4.79 Å². The number of nitrogens with one attached hydrogen (secondary N) is 1. The third-order valence-corrected chi connectivity index (χ3v) is 5.20. The molecule has 0 aliphatic carbocycles. The van der Waals surface area contributed by atoms with Crippen LogP contribution in [-0.4, -0.2) is 66.7 Å². The number of carbonyl (C=O) groups excluding carboxylic acids is 2. The second-order valence-corrected chi connectivity index (χ2v) is 7.19. The molecule has 2 saturated heterocycles. The van der Waals surface area contributed by atoms with E-state index in [9.17, 15) is 9.59 Å². The van der Waals surface area contributed by atoms with Crippen molar-refractivity contribution in [2.75, 3.05) is 38.2 Å². The molecule has 0 radical (unpaired) electrons. The Morgan fingerprint density at radius 3 is 2.31 bits per heavy atom. The number of benzene rings is 2. The number of hydrogen-bond donors (Lipinski definition) is 1. The maximum absolute atomic E-state index is 13.2. The van der Waals surface area contributed by atoms with Crippen LogP contribution >= 0.6 is 0 Å². The van der Waals surface area contributed by atoms with E-state index < -0.39 is 6.04 Å². The summed E-state index contributed by atoms with van der Waals surface area (Å²) in [6.45, 7) is 2.51. The SMILES string of the molecule is O=C([C@@H]1C[C@H](Oc2ccccc2)CN1C(=O)Nc1ccccc1)N1CCOCC1. The van der Waals surface area contributed by atoms with Crippen LogP contribution in [0.2, 0.25) is 0 Å². The lowest BCUT2D eigenvalue weighted by molar-refractivity contribution is -0.139. The van der Waals surface area contributed by atoms with Crippen molar-refractivity contribution < 1.29 is 19.1 Å².